The van der Waals surface area contributed by atoms with Gasteiger partial charge in [-0.3, -0.25) is 9.59 Å². The summed E-state index contributed by atoms with van der Waals surface area (Å²) < 4.78 is 9.83. The van der Waals surface area contributed by atoms with Crippen molar-refractivity contribution in [1.29, 1.82) is 0 Å². The summed E-state index contributed by atoms with van der Waals surface area (Å²) in [5.41, 5.74) is 4.71. The number of amides is 1. The summed E-state index contributed by atoms with van der Waals surface area (Å²) in [4.78, 5) is 25.7. The van der Waals surface area contributed by atoms with Crippen LogP contribution in [0.25, 0.3) is 0 Å². The van der Waals surface area contributed by atoms with Gasteiger partial charge in [0, 0.05) is 13.7 Å². The van der Waals surface area contributed by atoms with Gasteiger partial charge in [-0.1, -0.05) is 19.1 Å². The Morgan fingerprint density at radius 3 is 2.35 bits per heavy atom. The summed E-state index contributed by atoms with van der Waals surface area (Å²) in [6.07, 6.45) is 0.466. The van der Waals surface area contributed by atoms with E-state index in [1.165, 1.54) is 12.0 Å². The number of ether oxygens (including phenoxy) is 2. The first kappa shape index (κ1) is 18.8. The van der Waals surface area contributed by atoms with Crippen molar-refractivity contribution in [3.8, 4) is 0 Å². The highest BCUT2D eigenvalue weighted by Gasteiger charge is 2.38. The molecule has 2 N–H and O–H groups in total. The average molecular weight is 304 g/mol. The molecule has 0 rings (SSSR count). The van der Waals surface area contributed by atoms with Crippen LogP contribution < -0.4 is 5.73 Å². The molecule has 0 saturated heterocycles. The molecule has 0 spiro atoms. The molecule has 0 radical (unpaired) electrons. The molecule has 116 valence electrons. The van der Waals surface area contributed by atoms with Gasteiger partial charge in [-0.05, 0) is 20.3 Å². The number of thiocarbonyl (C=S) groups is 1. The van der Waals surface area contributed by atoms with Crippen LogP contribution in [0.2, 0.25) is 0 Å². The number of carbonyl (C=O) groups excluding carboxylic acids is 2. The lowest BCUT2D eigenvalue weighted by Crippen LogP contribution is -2.51. The first-order valence-electron chi connectivity index (χ1n) is 6.57. The highest BCUT2D eigenvalue weighted by molar-refractivity contribution is 7.80. The summed E-state index contributed by atoms with van der Waals surface area (Å²) in [7, 11) is 1.53. The van der Waals surface area contributed by atoms with E-state index in [1.54, 1.807) is 13.8 Å². The van der Waals surface area contributed by atoms with Crippen LogP contribution in [-0.2, 0) is 19.1 Å². The van der Waals surface area contributed by atoms with Crippen molar-refractivity contribution in [2.75, 3.05) is 33.4 Å². The number of nitrogens with two attached hydrogens (primary N) is 1. The summed E-state index contributed by atoms with van der Waals surface area (Å²) in [6, 6.07) is 0. The van der Waals surface area contributed by atoms with Crippen molar-refractivity contribution >= 4 is 29.1 Å². The molecule has 0 aliphatic heterocycles. The molecule has 1 atom stereocenters. The Labute approximate surface area is 125 Å². The second-order valence-electron chi connectivity index (χ2n) is 4.57. The summed E-state index contributed by atoms with van der Waals surface area (Å²) in [5.74, 6) is -0.740. The Balaban J connectivity index is 5.05. The van der Waals surface area contributed by atoms with E-state index in [0.717, 1.165) is 0 Å². The van der Waals surface area contributed by atoms with Crippen LogP contribution in [0.4, 0.5) is 0 Å². The highest BCUT2D eigenvalue weighted by Crippen LogP contribution is 2.24. The molecule has 1 amide bonds. The fourth-order valence-corrected chi connectivity index (χ4v) is 1.83. The maximum absolute atomic E-state index is 12.6. The second-order valence-corrected chi connectivity index (χ2v) is 5.01. The molecule has 0 aromatic heterocycles. The van der Waals surface area contributed by atoms with E-state index < -0.39 is 11.4 Å². The Morgan fingerprint density at radius 2 is 1.95 bits per heavy atom. The lowest BCUT2D eigenvalue weighted by Gasteiger charge is -2.32. The number of methoxy groups -OCH3 is 1. The van der Waals surface area contributed by atoms with Gasteiger partial charge in [0.25, 0.3) is 0 Å². The Hall–Kier alpha value is -1.21. The maximum atomic E-state index is 12.6. The van der Waals surface area contributed by atoms with Gasteiger partial charge >= 0.3 is 5.97 Å². The Morgan fingerprint density at radius 1 is 1.35 bits per heavy atom. The van der Waals surface area contributed by atoms with Crippen molar-refractivity contribution in [2.45, 2.75) is 27.2 Å². The van der Waals surface area contributed by atoms with Crippen LogP contribution in [0, 0.1) is 5.41 Å². The molecule has 1 unspecified atom stereocenters. The van der Waals surface area contributed by atoms with E-state index in [9.17, 15) is 9.59 Å². The van der Waals surface area contributed by atoms with Gasteiger partial charge in [0.15, 0.2) is 0 Å². The maximum Gasteiger partial charge on any atom is 0.325 e. The standard InChI is InChI=1S/C13H24N2O4S/c1-5-13(3,11(14)20)12(17)15(7-8-18-4)9-10(16)19-6-2/h5-9H2,1-4H3,(H2,14,20). The van der Waals surface area contributed by atoms with Gasteiger partial charge in [-0.2, -0.15) is 0 Å². The van der Waals surface area contributed by atoms with E-state index in [1.807, 2.05) is 6.92 Å². The van der Waals surface area contributed by atoms with E-state index in [4.69, 9.17) is 27.4 Å². The summed E-state index contributed by atoms with van der Waals surface area (Å²) in [5, 5.41) is 0. The van der Waals surface area contributed by atoms with Crippen molar-refractivity contribution in [3.63, 3.8) is 0 Å². The average Bonchev–Trinajstić information content (AvgIpc) is 2.41. The Bertz CT molecular complexity index is 362. The zero-order valence-electron chi connectivity index (χ0n) is 12.6. The first-order chi connectivity index (χ1) is 9.33. The monoisotopic (exact) mass is 304 g/mol. The van der Waals surface area contributed by atoms with Crippen LogP contribution in [0.3, 0.4) is 0 Å². The molecular weight excluding hydrogens is 280 g/mol. The van der Waals surface area contributed by atoms with Gasteiger partial charge in [0.05, 0.1) is 23.6 Å². The lowest BCUT2D eigenvalue weighted by molar-refractivity contribution is -0.151. The molecule has 0 aromatic carbocycles. The largest absolute Gasteiger partial charge is 0.465 e. The number of rotatable bonds is 9. The number of esters is 1. The number of nitrogens with zero attached hydrogens (tertiary/aromatic N) is 1. The SMILES string of the molecule is CCOC(=O)CN(CCOC)C(=O)C(C)(CC)C(N)=S. The number of carbonyl (C=O) groups is 2. The van der Waals surface area contributed by atoms with Gasteiger partial charge < -0.3 is 20.1 Å². The van der Waals surface area contributed by atoms with Crippen molar-refractivity contribution in [3.05, 3.63) is 0 Å². The van der Waals surface area contributed by atoms with E-state index in [-0.39, 0.29) is 30.6 Å². The molecule has 0 aliphatic carbocycles. The first-order valence-corrected chi connectivity index (χ1v) is 6.98. The molecule has 0 aliphatic rings. The molecule has 0 bridgehead atoms. The predicted molar refractivity (Wildman–Crippen MR) is 80.3 cm³/mol. The molecule has 0 heterocycles. The van der Waals surface area contributed by atoms with Gasteiger partial charge in [0.2, 0.25) is 5.91 Å². The van der Waals surface area contributed by atoms with Crippen LogP contribution in [0.5, 0.6) is 0 Å². The minimum Gasteiger partial charge on any atom is -0.465 e. The zero-order valence-corrected chi connectivity index (χ0v) is 13.4. The third-order valence-electron chi connectivity index (χ3n) is 3.20. The molecule has 7 heteroatoms. The predicted octanol–water partition coefficient (Wildman–Crippen LogP) is 0.727. The van der Waals surface area contributed by atoms with Crippen LogP contribution in [0.1, 0.15) is 27.2 Å². The third kappa shape index (κ3) is 5.05. The van der Waals surface area contributed by atoms with Crippen LogP contribution in [0.15, 0.2) is 0 Å². The third-order valence-corrected chi connectivity index (χ3v) is 3.65. The van der Waals surface area contributed by atoms with E-state index in [2.05, 4.69) is 0 Å². The molecule has 0 saturated carbocycles. The van der Waals surface area contributed by atoms with Crippen LogP contribution in [-0.4, -0.2) is 55.2 Å². The van der Waals surface area contributed by atoms with Gasteiger partial charge in [-0.15, -0.1) is 0 Å². The van der Waals surface area contributed by atoms with Crippen molar-refractivity contribution in [2.24, 2.45) is 11.1 Å². The second kappa shape index (κ2) is 8.86. The van der Waals surface area contributed by atoms with E-state index in [0.29, 0.717) is 13.0 Å². The Kier molecular flexibility index (Phi) is 8.33. The molecular formula is C13H24N2O4S. The van der Waals surface area contributed by atoms with E-state index >= 15 is 0 Å². The van der Waals surface area contributed by atoms with Crippen LogP contribution >= 0.6 is 12.2 Å². The summed E-state index contributed by atoms with van der Waals surface area (Å²) >= 11 is 4.99. The molecule has 20 heavy (non-hydrogen) atoms. The topological polar surface area (TPSA) is 81.9 Å². The van der Waals surface area contributed by atoms with Crippen molar-refractivity contribution in [1.82, 2.24) is 4.90 Å². The number of hydrogen-bond acceptors (Lipinski definition) is 5. The quantitative estimate of drug-likeness (QED) is 0.499. The fourth-order valence-electron chi connectivity index (χ4n) is 1.60. The van der Waals surface area contributed by atoms with Gasteiger partial charge in [-0.25, -0.2) is 0 Å². The van der Waals surface area contributed by atoms with Gasteiger partial charge in [0.1, 0.15) is 6.54 Å². The molecule has 0 aromatic rings. The minimum atomic E-state index is -0.963. The zero-order chi connectivity index (χ0) is 15.8. The smallest absolute Gasteiger partial charge is 0.325 e. The minimum absolute atomic E-state index is 0.122. The summed E-state index contributed by atoms with van der Waals surface area (Å²) in [6.45, 7) is 5.97. The number of hydrogen-bond donors (Lipinski definition) is 1. The normalized spacial score (nSPS) is 13.4. The molecule has 6 nitrogen and oxygen atoms in total. The van der Waals surface area contributed by atoms with Crippen molar-refractivity contribution < 1.29 is 19.1 Å². The molecule has 0 fully saturated rings. The highest BCUT2D eigenvalue weighted by atomic mass is 32.1. The lowest BCUT2D eigenvalue weighted by atomic mass is 9.85. The fraction of sp³-hybridized carbons (Fsp3) is 0.769.